The van der Waals surface area contributed by atoms with Crippen LogP contribution in [0.2, 0.25) is 0 Å². The fraction of sp³-hybridized carbons (Fsp3) is 0.917. The van der Waals surface area contributed by atoms with Gasteiger partial charge in [0.2, 0.25) is 5.91 Å². The molecule has 1 saturated heterocycles. The summed E-state index contributed by atoms with van der Waals surface area (Å²) in [4.78, 5) is 12.0. The lowest BCUT2D eigenvalue weighted by molar-refractivity contribution is -0.125. The summed E-state index contributed by atoms with van der Waals surface area (Å²) in [6.45, 7) is 9.69. The van der Waals surface area contributed by atoms with Gasteiger partial charge in [-0.2, -0.15) is 0 Å². The highest BCUT2D eigenvalue weighted by Gasteiger charge is 2.65. The second-order valence-electron chi connectivity index (χ2n) is 6.19. The quantitative estimate of drug-likeness (QED) is 0.721. The van der Waals surface area contributed by atoms with E-state index >= 15 is 0 Å². The Labute approximate surface area is 96.9 Å². The molecule has 1 heterocycles. The number of rotatable bonds is 2. The summed E-state index contributed by atoms with van der Waals surface area (Å²) in [6.07, 6.45) is 0. The van der Waals surface area contributed by atoms with Crippen molar-refractivity contribution >= 4 is 5.91 Å². The van der Waals surface area contributed by atoms with E-state index in [0.29, 0.717) is 13.2 Å². The molecular formula is C12H22N2O2. The van der Waals surface area contributed by atoms with E-state index in [1.165, 1.54) is 0 Å². The first-order valence-corrected chi connectivity index (χ1v) is 5.92. The summed E-state index contributed by atoms with van der Waals surface area (Å²) < 4.78 is 5.21. The lowest BCUT2D eigenvalue weighted by Crippen LogP contribution is -2.43. The summed E-state index contributed by atoms with van der Waals surface area (Å²) >= 11 is 0. The number of ether oxygens (including phenoxy) is 1. The van der Waals surface area contributed by atoms with Gasteiger partial charge in [-0.1, -0.05) is 27.7 Å². The fourth-order valence-electron chi connectivity index (χ4n) is 2.65. The molecule has 4 heteroatoms. The van der Waals surface area contributed by atoms with Crippen LogP contribution < -0.4 is 11.1 Å². The van der Waals surface area contributed by atoms with Crippen LogP contribution in [0.5, 0.6) is 0 Å². The van der Waals surface area contributed by atoms with Crippen LogP contribution in [0, 0.1) is 16.7 Å². The standard InChI is InChI=1S/C12H22N2O2/c1-11(2)10(12(11,3)4)14-9(15)7-5-16-6-8(7)13/h7-8,10H,5-6,13H2,1-4H3,(H,14,15). The summed E-state index contributed by atoms with van der Waals surface area (Å²) in [7, 11) is 0. The van der Waals surface area contributed by atoms with E-state index in [1.54, 1.807) is 0 Å². The van der Waals surface area contributed by atoms with Gasteiger partial charge in [-0.3, -0.25) is 4.79 Å². The molecule has 0 aromatic rings. The van der Waals surface area contributed by atoms with Crippen LogP contribution in [0.1, 0.15) is 27.7 Å². The third kappa shape index (κ3) is 1.55. The topological polar surface area (TPSA) is 64.3 Å². The average molecular weight is 226 g/mol. The first-order chi connectivity index (χ1) is 7.28. The van der Waals surface area contributed by atoms with Crippen molar-refractivity contribution in [3.05, 3.63) is 0 Å². The van der Waals surface area contributed by atoms with E-state index in [0.717, 1.165) is 0 Å². The van der Waals surface area contributed by atoms with Gasteiger partial charge < -0.3 is 15.8 Å². The monoisotopic (exact) mass is 226 g/mol. The fourth-order valence-corrected chi connectivity index (χ4v) is 2.65. The van der Waals surface area contributed by atoms with Crippen LogP contribution in [0.4, 0.5) is 0 Å². The van der Waals surface area contributed by atoms with Gasteiger partial charge in [0.1, 0.15) is 0 Å². The van der Waals surface area contributed by atoms with E-state index < -0.39 is 0 Å². The van der Waals surface area contributed by atoms with Gasteiger partial charge in [-0.25, -0.2) is 0 Å². The number of hydrogen-bond donors (Lipinski definition) is 2. The zero-order valence-corrected chi connectivity index (χ0v) is 10.5. The number of nitrogens with one attached hydrogen (secondary N) is 1. The average Bonchev–Trinajstić information content (AvgIpc) is 2.57. The van der Waals surface area contributed by atoms with Crippen LogP contribution >= 0.6 is 0 Å². The molecule has 0 bridgehead atoms. The van der Waals surface area contributed by atoms with Crippen LogP contribution in [0.3, 0.4) is 0 Å². The van der Waals surface area contributed by atoms with Gasteiger partial charge in [-0.05, 0) is 10.8 Å². The highest BCUT2D eigenvalue weighted by atomic mass is 16.5. The molecule has 2 fully saturated rings. The highest BCUT2D eigenvalue weighted by Crippen LogP contribution is 2.62. The lowest BCUT2D eigenvalue weighted by atomic mass is 10.0. The van der Waals surface area contributed by atoms with E-state index in [2.05, 4.69) is 33.0 Å². The number of hydrogen-bond acceptors (Lipinski definition) is 3. The maximum absolute atomic E-state index is 12.0. The molecule has 0 spiro atoms. The third-order valence-electron chi connectivity index (χ3n) is 4.77. The normalized spacial score (nSPS) is 36.1. The molecule has 0 radical (unpaired) electrons. The number of carbonyl (C=O) groups excluding carboxylic acids is 1. The Hall–Kier alpha value is -0.610. The van der Waals surface area contributed by atoms with Crippen LogP contribution in [0.25, 0.3) is 0 Å². The molecule has 2 unspecified atom stereocenters. The summed E-state index contributed by atoms with van der Waals surface area (Å²) in [5.41, 5.74) is 6.17. The number of carbonyl (C=O) groups is 1. The van der Waals surface area contributed by atoms with Gasteiger partial charge >= 0.3 is 0 Å². The predicted molar refractivity (Wildman–Crippen MR) is 61.8 cm³/mol. The Balaban J connectivity index is 1.95. The lowest BCUT2D eigenvalue weighted by Gasteiger charge is -2.14. The molecule has 16 heavy (non-hydrogen) atoms. The molecule has 92 valence electrons. The van der Waals surface area contributed by atoms with Gasteiger partial charge in [-0.15, -0.1) is 0 Å². The molecule has 2 atom stereocenters. The first-order valence-electron chi connectivity index (χ1n) is 5.92. The largest absolute Gasteiger partial charge is 0.379 e. The van der Waals surface area contributed by atoms with Crippen molar-refractivity contribution in [2.24, 2.45) is 22.5 Å². The molecule has 2 rings (SSSR count). The Morgan fingerprint density at radius 1 is 1.25 bits per heavy atom. The Morgan fingerprint density at radius 2 is 1.81 bits per heavy atom. The summed E-state index contributed by atoms with van der Waals surface area (Å²) in [6, 6.07) is 0.102. The zero-order valence-electron chi connectivity index (χ0n) is 10.5. The molecule has 0 aromatic heterocycles. The van der Waals surface area contributed by atoms with Crippen molar-refractivity contribution in [1.29, 1.82) is 0 Å². The van der Waals surface area contributed by atoms with E-state index in [9.17, 15) is 4.79 Å². The second-order valence-corrected chi connectivity index (χ2v) is 6.19. The van der Waals surface area contributed by atoms with Crippen LogP contribution in [0.15, 0.2) is 0 Å². The van der Waals surface area contributed by atoms with Gasteiger partial charge in [0, 0.05) is 12.1 Å². The molecule has 1 amide bonds. The SMILES string of the molecule is CC1(C)C(NC(=O)C2COCC2N)C1(C)C. The molecule has 3 N–H and O–H groups in total. The number of nitrogens with two attached hydrogens (primary N) is 1. The van der Waals surface area contributed by atoms with Crippen LogP contribution in [-0.4, -0.2) is 31.2 Å². The van der Waals surface area contributed by atoms with Crippen molar-refractivity contribution in [2.45, 2.75) is 39.8 Å². The van der Waals surface area contributed by atoms with Gasteiger partial charge in [0.05, 0.1) is 19.1 Å². The molecule has 0 aromatic carbocycles. The van der Waals surface area contributed by atoms with Crippen molar-refractivity contribution < 1.29 is 9.53 Å². The summed E-state index contributed by atoms with van der Waals surface area (Å²) in [5, 5.41) is 3.11. The van der Waals surface area contributed by atoms with Crippen molar-refractivity contribution in [3.63, 3.8) is 0 Å². The maximum atomic E-state index is 12.0. The zero-order chi connectivity index (χ0) is 12.1. The van der Waals surface area contributed by atoms with E-state index in [1.807, 2.05) is 0 Å². The third-order valence-corrected chi connectivity index (χ3v) is 4.77. The highest BCUT2D eigenvalue weighted by molar-refractivity contribution is 5.80. The molecule has 2 aliphatic rings. The van der Waals surface area contributed by atoms with E-state index in [-0.39, 0.29) is 34.7 Å². The van der Waals surface area contributed by atoms with Crippen molar-refractivity contribution in [1.82, 2.24) is 5.32 Å². The second kappa shape index (κ2) is 3.44. The molecule has 1 aliphatic heterocycles. The molecule has 4 nitrogen and oxygen atoms in total. The minimum absolute atomic E-state index is 0.0497. The van der Waals surface area contributed by atoms with Gasteiger partial charge in [0.15, 0.2) is 0 Å². The smallest absolute Gasteiger partial charge is 0.227 e. The number of amides is 1. The molecule has 1 aliphatic carbocycles. The maximum Gasteiger partial charge on any atom is 0.227 e. The Bertz CT molecular complexity index is 298. The minimum Gasteiger partial charge on any atom is -0.379 e. The van der Waals surface area contributed by atoms with Gasteiger partial charge in [0.25, 0.3) is 0 Å². The molecule has 1 saturated carbocycles. The molecular weight excluding hydrogens is 204 g/mol. The van der Waals surface area contributed by atoms with Crippen LogP contribution in [-0.2, 0) is 9.53 Å². The minimum atomic E-state index is -0.174. The van der Waals surface area contributed by atoms with E-state index in [4.69, 9.17) is 10.5 Å². The predicted octanol–water partition coefficient (Wildman–Crippen LogP) is 0.511. The Kier molecular flexibility index (Phi) is 2.55. The van der Waals surface area contributed by atoms with Crippen molar-refractivity contribution in [3.8, 4) is 0 Å². The summed E-state index contributed by atoms with van der Waals surface area (Å²) in [5.74, 6) is -0.124. The Morgan fingerprint density at radius 3 is 2.19 bits per heavy atom. The van der Waals surface area contributed by atoms with Crippen molar-refractivity contribution in [2.75, 3.05) is 13.2 Å². The first kappa shape index (κ1) is 11.9.